The van der Waals surface area contributed by atoms with Gasteiger partial charge in [-0.15, -0.1) is 11.3 Å². The predicted octanol–water partition coefficient (Wildman–Crippen LogP) is 7.68. The number of nitriles is 1. The van der Waals surface area contributed by atoms with Crippen LogP contribution in [0.4, 0.5) is 4.39 Å². The molecule has 0 amide bonds. The molecule has 34 heavy (non-hydrogen) atoms. The van der Waals surface area contributed by atoms with Crippen LogP contribution in [-0.2, 0) is 4.74 Å². The number of H-pyrrole nitrogens is 1. The zero-order valence-corrected chi connectivity index (χ0v) is 19.4. The van der Waals surface area contributed by atoms with Crippen LogP contribution in [0.15, 0.2) is 72.1 Å². The molecule has 0 unspecified atom stereocenters. The highest BCUT2D eigenvalue weighted by Gasteiger charge is 2.20. The molecular formula is C27H16ClFN2O2S. The average molecular weight is 487 g/mol. The average Bonchev–Trinajstić information content (AvgIpc) is 3.47. The molecule has 2 aromatic heterocycles. The number of thiophene rings is 1. The van der Waals surface area contributed by atoms with Gasteiger partial charge in [-0.1, -0.05) is 35.9 Å². The number of carbonyl (C=O) groups excluding carboxylic acids is 1. The molecule has 0 radical (unpaired) electrons. The van der Waals surface area contributed by atoms with Gasteiger partial charge >= 0.3 is 5.97 Å². The number of fused-ring (bicyclic) bond motifs is 1. The lowest BCUT2D eigenvalue weighted by atomic mass is 9.96. The number of nitrogens with one attached hydrogen (secondary N) is 1. The highest BCUT2D eigenvalue weighted by Crippen LogP contribution is 2.42. The van der Waals surface area contributed by atoms with E-state index in [0.29, 0.717) is 20.8 Å². The van der Waals surface area contributed by atoms with Crippen molar-refractivity contribution in [2.75, 3.05) is 7.11 Å². The SMILES string of the molecule is COC(=O)c1ccc(-c2cccc(-c3[nH]c4ccc(F)cc4c3-c3ccsc3C#N)c2)c(Cl)c1. The molecular weight excluding hydrogens is 471 g/mol. The summed E-state index contributed by atoms with van der Waals surface area (Å²) in [5.74, 6) is -0.805. The van der Waals surface area contributed by atoms with Crippen molar-refractivity contribution in [2.45, 2.75) is 0 Å². The Morgan fingerprint density at radius 3 is 2.65 bits per heavy atom. The molecule has 5 aromatic rings. The van der Waals surface area contributed by atoms with E-state index >= 15 is 0 Å². The fourth-order valence-electron chi connectivity index (χ4n) is 4.09. The van der Waals surface area contributed by atoms with Gasteiger partial charge in [-0.05, 0) is 59.0 Å². The highest BCUT2D eigenvalue weighted by molar-refractivity contribution is 7.11. The molecule has 166 valence electrons. The zero-order chi connectivity index (χ0) is 23.8. The summed E-state index contributed by atoms with van der Waals surface area (Å²) >= 11 is 7.85. The first-order valence-corrected chi connectivity index (χ1v) is 11.5. The summed E-state index contributed by atoms with van der Waals surface area (Å²) in [5.41, 5.74) is 5.91. The minimum Gasteiger partial charge on any atom is -0.465 e. The second-order valence-electron chi connectivity index (χ2n) is 7.61. The third-order valence-electron chi connectivity index (χ3n) is 5.65. The van der Waals surface area contributed by atoms with Crippen molar-refractivity contribution in [2.24, 2.45) is 0 Å². The minimum absolute atomic E-state index is 0.348. The Labute approximate surface area is 203 Å². The molecule has 0 spiro atoms. The first-order valence-electron chi connectivity index (χ1n) is 10.3. The molecule has 4 nitrogen and oxygen atoms in total. The number of nitrogens with zero attached hydrogens (tertiary/aromatic N) is 1. The van der Waals surface area contributed by atoms with Gasteiger partial charge in [0.1, 0.15) is 16.8 Å². The fraction of sp³-hybridized carbons (Fsp3) is 0.0370. The number of hydrogen-bond donors (Lipinski definition) is 1. The van der Waals surface area contributed by atoms with Crippen molar-refractivity contribution in [3.05, 3.63) is 93.4 Å². The molecule has 7 heteroatoms. The minimum atomic E-state index is -0.457. The maximum absolute atomic E-state index is 14.2. The number of benzene rings is 3. The highest BCUT2D eigenvalue weighted by atomic mass is 35.5. The quantitative estimate of drug-likeness (QED) is 0.265. The summed E-state index contributed by atoms with van der Waals surface area (Å²) in [6, 6.07) is 21.5. The molecule has 0 saturated carbocycles. The van der Waals surface area contributed by atoms with Crippen molar-refractivity contribution in [3.63, 3.8) is 0 Å². The second-order valence-corrected chi connectivity index (χ2v) is 8.93. The molecule has 0 saturated heterocycles. The van der Waals surface area contributed by atoms with Gasteiger partial charge in [0.15, 0.2) is 0 Å². The maximum atomic E-state index is 14.2. The van der Waals surface area contributed by atoms with Crippen LogP contribution in [0.25, 0.3) is 44.4 Å². The van der Waals surface area contributed by atoms with Gasteiger partial charge in [-0.2, -0.15) is 5.26 Å². The van der Waals surface area contributed by atoms with E-state index < -0.39 is 5.97 Å². The number of methoxy groups -OCH3 is 1. The number of carbonyl (C=O) groups is 1. The molecule has 3 aromatic carbocycles. The monoisotopic (exact) mass is 486 g/mol. The van der Waals surface area contributed by atoms with Gasteiger partial charge in [-0.3, -0.25) is 0 Å². The first kappa shape index (κ1) is 21.9. The Hall–Kier alpha value is -3.92. The molecule has 1 N–H and O–H groups in total. The van der Waals surface area contributed by atoms with Crippen LogP contribution < -0.4 is 0 Å². The predicted molar refractivity (Wildman–Crippen MR) is 134 cm³/mol. The molecule has 0 bridgehead atoms. The number of aromatic nitrogens is 1. The largest absolute Gasteiger partial charge is 0.465 e. The summed E-state index contributed by atoms with van der Waals surface area (Å²) < 4.78 is 18.9. The summed E-state index contributed by atoms with van der Waals surface area (Å²) in [6.07, 6.45) is 0. The van der Waals surface area contributed by atoms with Crippen LogP contribution in [0.5, 0.6) is 0 Å². The van der Waals surface area contributed by atoms with Gasteiger partial charge in [0.2, 0.25) is 0 Å². The first-order chi connectivity index (χ1) is 16.5. The number of esters is 1. The van der Waals surface area contributed by atoms with E-state index in [9.17, 15) is 14.4 Å². The molecule has 5 rings (SSSR count). The number of hydrogen-bond acceptors (Lipinski definition) is 4. The van der Waals surface area contributed by atoms with Crippen molar-refractivity contribution >= 4 is 39.8 Å². The van der Waals surface area contributed by atoms with E-state index in [-0.39, 0.29) is 5.82 Å². The number of aromatic amines is 1. The third-order valence-corrected chi connectivity index (χ3v) is 6.78. The number of halogens is 2. The Morgan fingerprint density at radius 1 is 1.06 bits per heavy atom. The van der Waals surface area contributed by atoms with Crippen LogP contribution in [0, 0.1) is 17.1 Å². The van der Waals surface area contributed by atoms with E-state index in [0.717, 1.165) is 39.0 Å². The lowest BCUT2D eigenvalue weighted by Crippen LogP contribution is -2.00. The van der Waals surface area contributed by atoms with E-state index in [1.54, 1.807) is 24.3 Å². The summed E-state index contributed by atoms with van der Waals surface area (Å²) in [6.45, 7) is 0. The normalized spacial score (nSPS) is 10.9. The van der Waals surface area contributed by atoms with Crippen molar-refractivity contribution in [1.29, 1.82) is 5.26 Å². The summed E-state index contributed by atoms with van der Waals surface area (Å²) in [5, 5.41) is 12.6. The van der Waals surface area contributed by atoms with Crippen LogP contribution in [0.1, 0.15) is 15.2 Å². The van der Waals surface area contributed by atoms with E-state index in [1.165, 1.54) is 30.6 Å². The van der Waals surface area contributed by atoms with Crippen LogP contribution in [-0.4, -0.2) is 18.1 Å². The Morgan fingerprint density at radius 2 is 1.88 bits per heavy atom. The van der Waals surface area contributed by atoms with Crippen LogP contribution in [0.3, 0.4) is 0 Å². The fourth-order valence-corrected chi connectivity index (χ4v) is 5.07. The molecule has 0 aliphatic carbocycles. The molecule has 2 heterocycles. The number of ether oxygens (including phenoxy) is 1. The molecule has 0 atom stereocenters. The zero-order valence-electron chi connectivity index (χ0n) is 17.9. The lowest BCUT2D eigenvalue weighted by Gasteiger charge is -2.10. The smallest absolute Gasteiger partial charge is 0.337 e. The second kappa shape index (κ2) is 8.79. The van der Waals surface area contributed by atoms with Gasteiger partial charge in [0.25, 0.3) is 0 Å². The van der Waals surface area contributed by atoms with Crippen LogP contribution >= 0.6 is 22.9 Å². The molecule has 0 aliphatic rings. The van der Waals surface area contributed by atoms with Gasteiger partial charge in [0.05, 0.1) is 18.4 Å². The van der Waals surface area contributed by atoms with Gasteiger partial charge < -0.3 is 9.72 Å². The maximum Gasteiger partial charge on any atom is 0.337 e. The van der Waals surface area contributed by atoms with Gasteiger partial charge in [0, 0.05) is 32.6 Å². The van der Waals surface area contributed by atoms with Crippen molar-refractivity contribution in [3.8, 4) is 39.6 Å². The van der Waals surface area contributed by atoms with E-state index in [2.05, 4.69) is 11.1 Å². The van der Waals surface area contributed by atoms with E-state index in [4.69, 9.17) is 16.3 Å². The van der Waals surface area contributed by atoms with Gasteiger partial charge in [-0.25, -0.2) is 9.18 Å². The standard InChI is InChI=1S/C27H16ClFN2O2S/c1-33-27(32)17-5-7-19(22(28)12-17)15-3-2-4-16(11-15)26-25(20-9-10-34-24(20)14-30)21-13-18(29)6-8-23(21)31-26/h2-13,31H,1H3. The van der Waals surface area contributed by atoms with Crippen molar-refractivity contribution in [1.82, 2.24) is 4.98 Å². The Kier molecular flexibility index (Phi) is 5.66. The van der Waals surface area contributed by atoms with Crippen molar-refractivity contribution < 1.29 is 13.9 Å². The topological polar surface area (TPSA) is 65.9 Å². The summed E-state index contributed by atoms with van der Waals surface area (Å²) in [4.78, 5) is 15.8. The molecule has 0 aliphatic heterocycles. The Bertz CT molecular complexity index is 1610. The lowest BCUT2D eigenvalue weighted by molar-refractivity contribution is 0.0600. The van der Waals surface area contributed by atoms with E-state index in [1.807, 2.05) is 35.7 Å². The molecule has 0 fully saturated rings. The summed E-state index contributed by atoms with van der Waals surface area (Å²) in [7, 11) is 1.32. The Balaban J connectivity index is 1.69. The van der Waals surface area contributed by atoms with Crippen LogP contribution in [0.2, 0.25) is 5.02 Å². The third kappa shape index (κ3) is 3.75. The number of rotatable bonds is 4.